The highest BCUT2D eigenvalue weighted by Gasteiger charge is 2.33. The van der Waals surface area contributed by atoms with E-state index in [0.29, 0.717) is 31.2 Å². The van der Waals surface area contributed by atoms with E-state index in [1.807, 2.05) is 30.5 Å². The van der Waals surface area contributed by atoms with Crippen LogP contribution < -0.4 is 14.9 Å². The SMILES string of the molecule is CSc1ccc([C@@H]2C(C(=O)OC(C)C)=C(C)N=c3s/c(=C\c4cc(Cl)ccc4O)c(=O)n32)cc1. The van der Waals surface area contributed by atoms with Crippen LogP contribution in [-0.2, 0) is 9.53 Å². The molecule has 0 amide bonds. The predicted octanol–water partition coefficient (Wildman–Crippen LogP) is 4.27. The molecule has 1 atom stereocenters. The molecule has 0 radical (unpaired) electrons. The van der Waals surface area contributed by atoms with Crippen molar-refractivity contribution in [3.05, 3.63) is 89.6 Å². The Hall–Kier alpha value is -2.81. The van der Waals surface area contributed by atoms with E-state index < -0.39 is 12.0 Å². The zero-order valence-electron chi connectivity index (χ0n) is 19.0. The van der Waals surface area contributed by atoms with Gasteiger partial charge >= 0.3 is 5.97 Å². The normalized spacial score (nSPS) is 15.9. The molecule has 0 aliphatic carbocycles. The molecule has 6 nitrogen and oxygen atoms in total. The van der Waals surface area contributed by atoms with Crippen LogP contribution in [0.15, 0.2) is 68.4 Å². The molecule has 1 aliphatic rings. The van der Waals surface area contributed by atoms with Gasteiger partial charge < -0.3 is 9.84 Å². The quantitative estimate of drug-likeness (QED) is 0.406. The highest BCUT2D eigenvalue weighted by atomic mass is 35.5. The van der Waals surface area contributed by atoms with Crippen molar-refractivity contribution in [2.75, 3.05) is 6.26 Å². The first kappa shape index (κ1) is 24.3. The van der Waals surface area contributed by atoms with Crippen molar-refractivity contribution in [3.8, 4) is 5.75 Å². The summed E-state index contributed by atoms with van der Waals surface area (Å²) in [4.78, 5) is 32.8. The van der Waals surface area contributed by atoms with Gasteiger partial charge in [-0.05, 0) is 69.0 Å². The third kappa shape index (κ3) is 4.71. The fourth-order valence-electron chi connectivity index (χ4n) is 3.74. The number of nitrogens with zero attached hydrogens (tertiary/aromatic N) is 2. The molecule has 1 aromatic heterocycles. The number of hydrogen-bond donors (Lipinski definition) is 1. The average molecular weight is 515 g/mol. The fraction of sp³-hybridized carbons (Fsp3) is 0.240. The van der Waals surface area contributed by atoms with Crippen molar-refractivity contribution in [1.82, 2.24) is 4.57 Å². The molecule has 0 unspecified atom stereocenters. The summed E-state index contributed by atoms with van der Waals surface area (Å²) < 4.78 is 7.41. The Labute approximate surface area is 209 Å². The second kappa shape index (κ2) is 9.82. The van der Waals surface area contributed by atoms with Gasteiger partial charge in [-0.15, -0.1) is 11.8 Å². The summed E-state index contributed by atoms with van der Waals surface area (Å²) in [5.41, 5.74) is 1.72. The van der Waals surface area contributed by atoms with Gasteiger partial charge in [0.2, 0.25) is 0 Å². The molecule has 176 valence electrons. The Kier molecular flexibility index (Phi) is 7.02. The second-order valence-electron chi connectivity index (χ2n) is 8.01. The number of ether oxygens (including phenoxy) is 1. The van der Waals surface area contributed by atoms with Gasteiger partial charge in [-0.2, -0.15) is 0 Å². The van der Waals surface area contributed by atoms with Crippen molar-refractivity contribution < 1.29 is 14.6 Å². The molecule has 2 aromatic carbocycles. The molecular formula is C25H23ClN2O4S2. The maximum atomic E-state index is 13.6. The number of phenols is 1. The summed E-state index contributed by atoms with van der Waals surface area (Å²) in [7, 11) is 0. The first-order valence-electron chi connectivity index (χ1n) is 10.6. The number of phenolic OH excluding ortho intramolecular Hbond substituents is 1. The zero-order chi connectivity index (χ0) is 24.6. The van der Waals surface area contributed by atoms with E-state index in [1.165, 1.54) is 22.0 Å². The van der Waals surface area contributed by atoms with E-state index in [4.69, 9.17) is 16.3 Å². The maximum absolute atomic E-state index is 13.6. The van der Waals surface area contributed by atoms with Crippen LogP contribution in [0.2, 0.25) is 5.02 Å². The lowest BCUT2D eigenvalue weighted by Crippen LogP contribution is -2.40. The minimum Gasteiger partial charge on any atom is -0.507 e. The highest BCUT2D eigenvalue weighted by molar-refractivity contribution is 7.98. The molecule has 0 fully saturated rings. The van der Waals surface area contributed by atoms with Crippen LogP contribution in [0.1, 0.15) is 37.9 Å². The number of rotatable bonds is 5. The average Bonchev–Trinajstić information content (AvgIpc) is 3.09. The number of aromatic nitrogens is 1. The second-order valence-corrected chi connectivity index (χ2v) is 10.3. The van der Waals surface area contributed by atoms with Crippen LogP contribution in [0.5, 0.6) is 5.75 Å². The van der Waals surface area contributed by atoms with Crippen LogP contribution in [0.4, 0.5) is 0 Å². The van der Waals surface area contributed by atoms with E-state index >= 15 is 0 Å². The summed E-state index contributed by atoms with van der Waals surface area (Å²) in [6.07, 6.45) is 3.26. The fourth-order valence-corrected chi connectivity index (χ4v) is 5.37. The number of carbonyl (C=O) groups is 1. The Bertz CT molecular complexity index is 1470. The molecule has 1 N–H and O–H groups in total. The van der Waals surface area contributed by atoms with Crippen molar-refractivity contribution in [2.24, 2.45) is 4.99 Å². The number of halogens is 1. The van der Waals surface area contributed by atoms with Crippen molar-refractivity contribution in [2.45, 2.75) is 37.8 Å². The van der Waals surface area contributed by atoms with Gasteiger partial charge in [0.05, 0.1) is 27.9 Å². The monoisotopic (exact) mass is 514 g/mol. The van der Waals surface area contributed by atoms with E-state index in [9.17, 15) is 14.7 Å². The maximum Gasteiger partial charge on any atom is 0.338 e. The molecule has 0 saturated carbocycles. The zero-order valence-corrected chi connectivity index (χ0v) is 21.4. The molecule has 0 bridgehead atoms. The van der Waals surface area contributed by atoms with Crippen LogP contribution in [0.3, 0.4) is 0 Å². The summed E-state index contributed by atoms with van der Waals surface area (Å²) >= 11 is 8.88. The van der Waals surface area contributed by atoms with Gasteiger partial charge in [0, 0.05) is 15.5 Å². The summed E-state index contributed by atoms with van der Waals surface area (Å²) in [5, 5.41) is 10.7. The highest BCUT2D eigenvalue weighted by Crippen LogP contribution is 2.32. The molecule has 4 rings (SSSR count). The minimum absolute atomic E-state index is 0.0109. The van der Waals surface area contributed by atoms with Crippen LogP contribution in [0, 0.1) is 0 Å². The van der Waals surface area contributed by atoms with Crippen LogP contribution >= 0.6 is 34.7 Å². The molecule has 3 aromatic rings. The third-order valence-electron chi connectivity index (χ3n) is 5.29. The standard InChI is InChI=1S/C25H23ClN2O4S2/c1-13(2)32-24(31)21-14(3)27-25-28(22(21)15-5-8-18(33-4)9-6-15)23(30)20(34-25)12-16-11-17(26)7-10-19(16)29/h5-13,22,29H,1-4H3/b20-12-/t22-/m1/s1. The largest absolute Gasteiger partial charge is 0.507 e. The van der Waals surface area contributed by atoms with Gasteiger partial charge in [0.25, 0.3) is 5.56 Å². The molecular weight excluding hydrogens is 492 g/mol. The smallest absolute Gasteiger partial charge is 0.338 e. The number of aromatic hydroxyl groups is 1. The summed E-state index contributed by atoms with van der Waals surface area (Å²) in [6, 6.07) is 11.7. The first-order chi connectivity index (χ1) is 16.2. The first-order valence-corrected chi connectivity index (χ1v) is 13.0. The van der Waals surface area contributed by atoms with E-state index in [1.54, 1.807) is 50.7 Å². The van der Waals surface area contributed by atoms with Gasteiger partial charge in [-0.1, -0.05) is 35.1 Å². The van der Waals surface area contributed by atoms with Gasteiger partial charge in [0.1, 0.15) is 5.75 Å². The number of hydrogen-bond acceptors (Lipinski definition) is 7. The summed E-state index contributed by atoms with van der Waals surface area (Å²) in [5.74, 6) is -0.492. The van der Waals surface area contributed by atoms with E-state index in [-0.39, 0.29) is 17.4 Å². The summed E-state index contributed by atoms with van der Waals surface area (Å²) in [6.45, 7) is 5.31. The van der Waals surface area contributed by atoms with E-state index in [0.717, 1.165) is 10.5 Å². The number of allylic oxidation sites excluding steroid dienone is 1. The van der Waals surface area contributed by atoms with Gasteiger partial charge in [-0.25, -0.2) is 9.79 Å². The molecule has 9 heteroatoms. The molecule has 0 saturated heterocycles. The molecule has 2 heterocycles. The number of fused-ring (bicyclic) bond motifs is 1. The number of esters is 1. The van der Waals surface area contributed by atoms with Crippen LogP contribution in [0.25, 0.3) is 6.08 Å². The third-order valence-corrected chi connectivity index (χ3v) is 7.25. The molecule has 0 spiro atoms. The van der Waals surface area contributed by atoms with Crippen LogP contribution in [-0.4, -0.2) is 28.0 Å². The Balaban J connectivity index is 1.95. The molecule has 1 aliphatic heterocycles. The number of carbonyl (C=O) groups excluding carboxylic acids is 1. The van der Waals surface area contributed by atoms with Gasteiger partial charge in [0.15, 0.2) is 4.80 Å². The Morgan fingerprint density at radius 1 is 1.26 bits per heavy atom. The Morgan fingerprint density at radius 2 is 1.97 bits per heavy atom. The predicted molar refractivity (Wildman–Crippen MR) is 136 cm³/mol. The lowest BCUT2D eigenvalue weighted by Gasteiger charge is -2.25. The van der Waals surface area contributed by atoms with Crippen molar-refractivity contribution in [1.29, 1.82) is 0 Å². The minimum atomic E-state index is -0.687. The number of benzene rings is 2. The van der Waals surface area contributed by atoms with Crippen molar-refractivity contribution >= 4 is 46.7 Å². The van der Waals surface area contributed by atoms with Gasteiger partial charge in [-0.3, -0.25) is 9.36 Å². The topological polar surface area (TPSA) is 80.9 Å². The van der Waals surface area contributed by atoms with E-state index in [2.05, 4.69) is 4.99 Å². The number of thioether (sulfide) groups is 1. The lowest BCUT2D eigenvalue weighted by molar-refractivity contribution is -0.143. The number of thiazole rings is 1. The molecule has 34 heavy (non-hydrogen) atoms. The lowest BCUT2D eigenvalue weighted by atomic mass is 9.96. The van der Waals surface area contributed by atoms with Crippen molar-refractivity contribution in [3.63, 3.8) is 0 Å². The Morgan fingerprint density at radius 3 is 2.62 bits per heavy atom.